The average molecular weight is 546 g/mol. The SMILES string of the molecule is CCCCCCN(C(=O)C(C)NC(=O)OC(C)(C)C)C(C(=O)Nc1ccc2ccccc2c1)c1ccccc1C. The number of anilines is 1. The van der Waals surface area contributed by atoms with Crippen molar-refractivity contribution < 1.29 is 19.1 Å². The maximum Gasteiger partial charge on any atom is 0.408 e. The summed E-state index contributed by atoms with van der Waals surface area (Å²) in [4.78, 5) is 42.1. The molecule has 2 unspecified atom stereocenters. The molecule has 3 amide bonds. The Morgan fingerprint density at radius 1 is 0.900 bits per heavy atom. The maximum absolute atomic E-state index is 14.1. The van der Waals surface area contributed by atoms with E-state index < -0.39 is 23.8 Å². The van der Waals surface area contributed by atoms with E-state index in [0.717, 1.165) is 47.6 Å². The van der Waals surface area contributed by atoms with Crippen LogP contribution in [0.25, 0.3) is 10.8 Å². The number of aryl methyl sites for hydroxylation is 1. The van der Waals surface area contributed by atoms with Crippen molar-refractivity contribution in [1.82, 2.24) is 10.2 Å². The van der Waals surface area contributed by atoms with Crippen LogP contribution in [0.4, 0.5) is 10.5 Å². The molecule has 0 fully saturated rings. The topological polar surface area (TPSA) is 87.7 Å². The highest BCUT2D eigenvalue weighted by atomic mass is 16.6. The number of fused-ring (bicyclic) bond motifs is 1. The second kappa shape index (κ2) is 14.0. The number of benzene rings is 3. The van der Waals surface area contributed by atoms with Crippen LogP contribution < -0.4 is 10.6 Å². The lowest BCUT2D eigenvalue weighted by Gasteiger charge is -2.34. The van der Waals surface area contributed by atoms with Crippen molar-refractivity contribution in [1.29, 1.82) is 0 Å². The van der Waals surface area contributed by atoms with Crippen LogP contribution in [0.5, 0.6) is 0 Å². The third kappa shape index (κ3) is 8.57. The van der Waals surface area contributed by atoms with Gasteiger partial charge in [-0.1, -0.05) is 80.8 Å². The molecule has 3 aromatic carbocycles. The van der Waals surface area contributed by atoms with Gasteiger partial charge in [0.25, 0.3) is 5.91 Å². The Bertz CT molecular complexity index is 1310. The van der Waals surface area contributed by atoms with E-state index >= 15 is 0 Å². The summed E-state index contributed by atoms with van der Waals surface area (Å²) in [5.41, 5.74) is 1.60. The van der Waals surface area contributed by atoms with Crippen molar-refractivity contribution in [3.05, 3.63) is 77.9 Å². The highest BCUT2D eigenvalue weighted by Gasteiger charge is 2.35. The summed E-state index contributed by atoms with van der Waals surface area (Å²) in [6.45, 7) is 11.4. The van der Waals surface area contributed by atoms with Gasteiger partial charge in [0, 0.05) is 12.2 Å². The summed E-state index contributed by atoms with van der Waals surface area (Å²) >= 11 is 0. The van der Waals surface area contributed by atoms with E-state index in [1.165, 1.54) is 0 Å². The zero-order valence-corrected chi connectivity index (χ0v) is 24.6. The van der Waals surface area contributed by atoms with Crippen LogP contribution in [0.3, 0.4) is 0 Å². The van der Waals surface area contributed by atoms with Crippen LogP contribution in [-0.2, 0) is 14.3 Å². The Hall–Kier alpha value is -3.87. The minimum Gasteiger partial charge on any atom is -0.444 e. The Morgan fingerprint density at radius 3 is 2.25 bits per heavy atom. The van der Waals surface area contributed by atoms with Gasteiger partial charge in [0.15, 0.2) is 0 Å². The molecule has 40 heavy (non-hydrogen) atoms. The van der Waals surface area contributed by atoms with E-state index in [1.807, 2.05) is 73.7 Å². The molecule has 0 radical (unpaired) electrons. The highest BCUT2D eigenvalue weighted by Crippen LogP contribution is 2.28. The molecule has 3 rings (SSSR count). The predicted octanol–water partition coefficient (Wildman–Crippen LogP) is 7.15. The highest BCUT2D eigenvalue weighted by molar-refractivity contribution is 6.00. The van der Waals surface area contributed by atoms with Gasteiger partial charge < -0.3 is 20.3 Å². The van der Waals surface area contributed by atoms with E-state index in [2.05, 4.69) is 17.6 Å². The summed E-state index contributed by atoms with van der Waals surface area (Å²) in [6.07, 6.45) is 3.08. The molecule has 0 saturated heterocycles. The predicted molar refractivity (Wildman–Crippen MR) is 161 cm³/mol. The Labute approximate surface area is 238 Å². The fourth-order valence-electron chi connectivity index (χ4n) is 4.69. The first kappa shape index (κ1) is 30.7. The number of nitrogens with zero attached hydrogens (tertiary/aromatic N) is 1. The third-order valence-corrected chi connectivity index (χ3v) is 6.70. The number of hydrogen-bond donors (Lipinski definition) is 2. The number of hydrogen-bond acceptors (Lipinski definition) is 4. The molecular formula is C33H43N3O4. The number of carbonyl (C=O) groups excluding carboxylic acids is 3. The van der Waals surface area contributed by atoms with Crippen LogP contribution in [0.1, 0.15) is 77.5 Å². The number of unbranched alkanes of at least 4 members (excludes halogenated alkanes) is 3. The summed E-state index contributed by atoms with van der Waals surface area (Å²) in [5, 5.41) is 7.81. The fourth-order valence-corrected chi connectivity index (χ4v) is 4.69. The zero-order valence-electron chi connectivity index (χ0n) is 24.6. The van der Waals surface area contributed by atoms with Gasteiger partial charge in [-0.05, 0) is 75.1 Å². The molecule has 0 bridgehead atoms. The fraction of sp³-hybridized carbons (Fsp3) is 0.424. The van der Waals surface area contributed by atoms with Gasteiger partial charge in [0.1, 0.15) is 17.7 Å². The second-order valence-corrected chi connectivity index (χ2v) is 11.3. The molecule has 0 aliphatic rings. The van der Waals surface area contributed by atoms with Crippen molar-refractivity contribution in [3.8, 4) is 0 Å². The molecule has 0 spiro atoms. The molecule has 2 N–H and O–H groups in total. The van der Waals surface area contributed by atoms with E-state index in [0.29, 0.717) is 12.2 Å². The standard InChI is InChI=1S/C33H43N3O4/c1-7-8-9-14-21-36(31(38)24(3)34-32(39)40-33(4,5)6)29(28-18-13-10-15-23(28)2)30(37)35-27-20-19-25-16-11-12-17-26(25)22-27/h10-13,15-20,22,24,29H,7-9,14,21H2,1-6H3,(H,34,39)(H,35,37). The van der Waals surface area contributed by atoms with Gasteiger partial charge in [0.05, 0.1) is 0 Å². The van der Waals surface area contributed by atoms with E-state index in [1.54, 1.807) is 32.6 Å². The molecule has 7 heteroatoms. The molecule has 7 nitrogen and oxygen atoms in total. The first-order valence-corrected chi connectivity index (χ1v) is 14.2. The monoisotopic (exact) mass is 545 g/mol. The lowest BCUT2D eigenvalue weighted by atomic mass is 9.97. The van der Waals surface area contributed by atoms with Crippen LogP contribution in [0, 0.1) is 6.92 Å². The van der Waals surface area contributed by atoms with Crippen molar-refractivity contribution in [3.63, 3.8) is 0 Å². The molecule has 0 aromatic heterocycles. The molecule has 0 heterocycles. The smallest absolute Gasteiger partial charge is 0.408 e. The molecular weight excluding hydrogens is 502 g/mol. The zero-order chi connectivity index (χ0) is 29.3. The number of ether oxygens (including phenoxy) is 1. The van der Waals surface area contributed by atoms with Gasteiger partial charge in [0.2, 0.25) is 5.91 Å². The molecule has 0 saturated carbocycles. The number of nitrogens with one attached hydrogen (secondary N) is 2. The van der Waals surface area contributed by atoms with Crippen molar-refractivity contribution >= 4 is 34.4 Å². The molecule has 2 atom stereocenters. The van der Waals surface area contributed by atoms with Gasteiger partial charge in [-0.3, -0.25) is 9.59 Å². The lowest BCUT2D eigenvalue weighted by Crippen LogP contribution is -2.51. The number of amides is 3. The van der Waals surface area contributed by atoms with Crippen LogP contribution in [0.2, 0.25) is 0 Å². The van der Waals surface area contributed by atoms with Crippen LogP contribution in [-0.4, -0.2) is 41.0 Å². The van der Waals surface area contributed by atoms with E-state index in [9.17, 15) is 14.4 Å². The van der Waals surface area contributed by atoms with Gasteiger partial charge in [-0.25, -0.2) is 4.79 Å². The third-order valence-electron chi connectivity index (χ3n) is 6.70. The minimum absolute atomic E-state index is 0.308. The van der Waals surface area contributed by atoms with Crippen LogP contribution >= 0.6 is 0 Å². The molecule has 214 valence electrons. The summed E-state index contributed by atoms with van der Waals surface area (Å²) < 4.78 is 5.38. The Morgan fingerprint density at radius 2 is 1.57 bits per heavy atom. The molecule has 0 aliphatic heterocycles. The Balaban J connectivity index is 1.96. The van der Waals surface area contributed by atoms with Crippen molar-refractivity contribution in [2.75, 3.05) is 11.9 Å². The normalized spacial score (nSPS) is 12.8. The van der Waals surface area contributed by atoms with Crippen molar-refractivity contribution in [2.24, 2.45) is 0 Å². The minimum atomic E-state index is -0.888. The van der Waals surface area contributed by atoms with Crippen LogP contribution in [0.15, 0.2) is 66.7 Å². The average Bonchev–Trinajstić information content (AvgIpc) is 2.89. The lowest BCUT2D eigenvalue weighted by molar-refractivity contribution is -0.140. The van der Waals surface area contributed by atoms with Crippen molar-refractivity contribution in [2.45, 2.75) is 84.9 Å². The van der Waals surface area contributed by atoms with Gasteiger partial charge in [-0.15, -0.1) is 0 Å². The quantitative estimate of drug-likeness (QED) is 0.251. The first-order valence-electron chi connectivity index (χ1n) is 14.2. The summed E-state index contributed by atoms with van der Waals surface area (Å²) in [6, 6.07) is 19.6. The van der Waals surface area contributed by atoms with E-state index in [-0.39, 0.29) is 11.8 Å². The second-order valence-electron chi connectivity index (χ2n) is 11.3. The van der Waals surface area contributed by atoms with Gasteiger partial charge in [-0.2, -0.15) is 0 Å². The number of rotatable bonds is 11. The summed E-state index contributed by atoms with van der Waals surface area (Å²) in [5.74, 6) is -0.651. The summed E-state index contributed by atoms with van der Waals surface area (Å²) in [7, 11) is 0. The molecule has 3 aromatic rings. The van der Waals surface area contributed by atoms with E-state index in [4.69, 9.17) is 4.74 Å². The first-order chi connectivity index (χ1) is 19.0. The maximum atomic E-state index is 14.1. The Kier molecular flexibility index (Phi) is 10.7. The largest absolute Gasteiger partial charge is 0.444 e. The number of alkyl carbamates (subject to hydrolysis) is 1. The molecule has 0 aliphatic carbocycles. The van der Waals surface area contributed by atoms with Gasteiger partial charge >= 0.3 is 6.09 Å². The number of carbonyl (C=O) groups is 3.